The van der Waals surface area contributed by atoms with E-state index in [4.69, 9.17) is 9.47 Å². The molecule has 1 N–H and O–H groups in total. The van der Waals surface area contributed by atoms with Crippen LogP contribution in [0.25, 0.3) is 0 Å². The van der Waals surface area contributed by atoms with Gasteiger partial charge < -0.3 is 14.8 Å². The van der Waals surface area contributed by atoms with Crippen LogP contribution in [0.5, 0.6) is 11.5 Å². The predicted octanol–water partition coefficient (Wildman–Crippen LogP) is 3.97. The molecule has 1 aromatic rings. The summed E-state index contributed by atoms with van der Waals surface area (Å²) in [6, 6.07) is 6.03. The summed E-state index contributed by atoms with van der Waals surface area (Å²) in [6.07, 6.45) is 6.90. The Hall–Kier alpha value is -1.71. The quantitative estimate of drug-likeness (QED) is 0.737. The van der Waals surface area contributed by atoms with Gasteiger partial charge in [-0.2, -0.15) is 0 Å². The Morgan fingerprint density at radius 2 is 1.92 bits per heavy atom. The Labute approximate surface area is 151 Å². The molecule has 0 unspecified atom stereocenters. The number of hydrogen-bond acceptors (Lipinski definition) is 3. The van der Waals surface area contributed by atoms with Crippen LogP contribution in [-0.2, 0) is 11.2 Å². The minimum Gasteiger partial charge on any atom is -0.490 e. The number of carbonyl (C=O) groups is 1. The first-order chi connectivity index (χ1) is 12.2. The smallest absolute Gasteiger partial charge is 0.220 e. The lowest BCUT2D eigenvalue weighted by Gasteiger charge is -2.20. The Bertz CT molecular complexity index is 587. The van der Waals surface area contributed by atoms with Gasteiger partial charge >= 0.3 is 0 Å². The van der Waals surface area contributed by atoms with Gasteiger partial charge in [-0.1, -0.05) is 12.5 Å². The third kappa shape index (κ3) is 4.68. The summed E-state index contributed by atoms with van der Waals surface area (Å²) in [5.74, 6) is 4.14. The third-order valence-corrected chi connectivity index (χ3v) is 5.68. The van der Waals surface area contributed by atoms with Crippen LogP contribution in [0.15, 0.2) is 18.2 Å². The van der Waals surface area contributed by atoms with Crippen molar-refractivity contribution in [1.82, 2.24) is 5.32 Å². The molecule has 0 spiro atoms. The topological polar surface area (TPSA) is 47.6 Å². The monoisotopic (exact) mass is 345 g/mol. The number of nitrogens with one attached hydrogen (secondary N) is 1. The maximum atomic E-state index is 12.2. The van der Waals surface area contributed by atoms with Crippen LogP contribution in [0.3, 0.4) is 0 Å². The number of hydrogen-bond donors (Lipinski definition) is 1. The molecule has 2 fully saturated rings. The molecular formula is C21H31NO3. The molecule has 138 valence electrons. The SMILES string of the molecule is CCOc1ccc(CCNC(=O)C[C@@H]2C[C@@H]3CC[C@@H]2C3)cc1OCC. The van der Waals surface area contributed by atoms with Crippen LogP contribution in [0.4, 0.5) is 0 Å². The fourth-order valence-electron chi connectivity index (χ4n) is 4.53. The van der Waals surface area contributed by atoms with Crippen LogP contribution in [0, 0.1) is 17.8 Å². The zero-order valence-corrected chi connectivity index (χ0v) is 15.6. The fraction of sp³-hybridized carbons (Fsp3) is 0.667. The number of rotatable bonds is 9. The van der Waals surface area contributed by atoms with Gasteiger partial charge in [0, 0.05) is 13.0 Å². The average molecular weight is 345 g/mol. The van der Waals surface area contributed by atoms with Gasteiger partial charge in [-0.15, -0.1) is 0 Å². The first kappa shape index (κ1) is 18.1. The van der Waals surface area contributed by atoms with Crippen molar-refractivity contribution in [3.63, 3.8) is 0 Å². The summed E-state index contributed by atoms with van der Waals surface area (Å²) in [5, 5.41) is 3.10. The van der Waals surface area contributed by atoms with Crippen LogP contribution < -0.4 is 14.8 Å². The number of benzene rings is 1. The van der Waals surface area contributed by atoms with Gasteiger partial charge in [0.1, 0.15) is 0 Å². The van der Waals surface area contributed by atoms with Gasteiger partial charge in [0.05, 0.1) is 13.2 Å². The summed E-state index contributed by atoms with van der Waals surface area (Å²) in [4.78, 5) is 12.2. The fourth-order valence-corrected chi connectivity index (χ4v) is 4.53. The Balaban J connectivity index is 1.44. The maximum absolute atomic E-state index is 12.2. The van der Waals surface area contributed by atoms with Crippen molar-refractivity contribution >= 4 is 5.91 Å². The van der Waals surface area contributed by atoms with Crippen LogP contribution in [0.1, 0.15) is 51.5 Å². The molecule has 25 heavy (non-hydrogen) atoms. The van der Waals surface area contributed by atoms with Gasteiger partial charge in [0.2, 0.25) is 5.91 Å². The second-order valence-corrected chi connectivity index (χ2v) is 7.39. The summed E-state index contributed by atoms with van der Waals surface area (Å²) >= 11 is 0. The van der Waals surface area contributed by atoms with Gasteiger partial charge in [0.15, 0.2) is 11.5 Å². The van der Waals surface area contributed by atoms with Crippen LogP contribution >= 0.6 is 0 Å². The van der Waals surface area contributed by atoms with E-state index in [2.05, 4.69) is 11.4 Å². The molecular weight excluding hydrogens is 314 g/mol. The zero-order chi connectivity index (χ0) is 17.6. The largest absolute Gasteiger partial charge is 0.490 e. The normalized spacial score (nSPS) is 24.3. The van der Waals surface area contributed by atoms with E-state index < -0.39 is 0 Å². The molecule has 4 nitrogen and oxygen atoms in total. The van der Waals surface area contributed by atoms with Crippen molar-refractivity contribution in [3.8, 4) is 11.5 Å². The van der Waals surface area contributed by atoms with Crippen LogP contribution in [-0.4, -0.2) is 25.7 Å². The number of carbonyl (C=O) groups excluding carboxylic acids is 1. The molecule has 2 saturated carbocycles. The van der Waals surface area contributed by atoms with Gasteiger partial charge in [0.25, 0.3) is 0 Å². The maximum Gasteiger partial charge on any atom is 0.220 e. The molecule has 0 aliphatic heterocycles. The van der Waals surface area contributed by atoms with Crippen molar-refractivity contribution < 1.29 is 14.3 Å². The van der Waals surface area contributed by atoms with E-state index in [-0.39, 0.29) is 5.91 Å². The molecule has 0 aromatic heterocycles. The van der Waals surface area contributed by atoms with E-state index in [0.717, 1.165) is 35.3 Å². The molecule has 2 aliphatic rings. The van der Waals surface area contributed by atoms with E-state index in [0.29, 0.717) is 32.1 Å². The molecule has 2 bridgehead atoms. The molecule has 1 aromatic carbocycles. The molecule has 1 amide bonds. The minimum atomic E-state index is 0.216. The highest BCUT2D eigenvalue weighted by Crippen LogP contribution is 2.49. The predicted molar refractivity (Wildman–Crippen MR) is 99.0 cm³/mol. The highest BCUT2D eigenvalue weighted by Gasteiger charge is 2.39. The van der Waals surface area contributed by atoms with Crippen molar-refractivity contribution in [2.24, 2.45) is 17.8 Å². The summed E-state index contributed by atoms with van der Waals surface area (Å²) in [7, 11) is 0. The zero-order valence-electron chi connectivity index (χ0n) is 15.6. The second kappa shape index (κ2) is 8.59. The summed E-state index contributed by atoms with van der Waals surface area (Å²) < 4.78 is 11.3. The second-order valence-electron chi connectivity index (χ2n) is 7.39. The Morgan fingerprint density at radius 1 is 1.12 bits per heavy atom. The molecule has 4 heteroatoms. The standard InChI is InChI=1S/C21H31NO3/c1-3-24-19-8-6-15(13-20(19)25-4-2)9-10-22-21(23)14-18-12-16-5-7-17(18)11-16/h6,8,13,16-18H,3-5,7,9-12,14H2,1-2H3,(H,22,23)/t16-,17-,18+/m1/s1. The van der Waals surface area contributed by atoms with E-state index in [9.17, 15) is 4.79 Å². The van der Waals surface area contributed by atoms with Crippen molar-refractivity contribution in [2.75, 3.05) is 19.8 Å². The highest BCUT2D eigenvalue weighted by molar-refractivity contribution is 5.76. The average Bonchev–Trinajstić information content (AvgIpc) is 3.20. The minimum absolute atomic E-state index is 0.216. The number of fused-ring (bicyclic) bond motifs is 2. The van der Waals surface area contributed by atoms with E-state index in [1.807, 2.05) is 26.0 Å². The van der Waals surface area contributed by atoms with E-state index >= 15 is 0 Å². The Kier molecular flexibility index (Phi) is 6.22. The van der Waals surface area contributed by atoms with Crippen LogP contribution in [0.2, 0.25) is 0 Å². The molecule has 0 heterocycles. The molecule has 0 radical (unpaired) electrons. The van der Waals surface area contributed by atoms with Crippen molar-refractivity contribution in [2.45, 2.75) is 52.4 Å². The van der Waals surface area contributed by atoms with Gasteiger partial charge in [-0.3, -0.25) is 4.79 Å². The number of ether oxygens (including phenoxy) is 2. The Morgan fingerprint density at radius 3 is 2.60 bits per heavy atom. The lowest BCUT2D eigenvalue weighted by molar-refractivity contribution is -0.122. The first-order valence-corrected chi connectivity index (χ1v) is 9.84. The lowest BCUT2D eigenvalue weighted by Crippen LogP contribution is -2.29. The first-order valence-electron chi connectivity index (χ1n) is 9.84. The summed E-state index contributed by atoms with van der Waals surface area (Å²) in [5.41, 5.74) is 1.16. The third-order valence-electron chi connectivity index (χ3n) is 5.68. The van der Waals surface area contributed by atoms with E-state index in [1.54, 1.807) is 0 Å². The molecule has 3 atom stereocenters. The van der Waals surface area contributed by atoms with Crippen molar-refractivity contribution in [3.05, 3.63) is 23.8 Å². The van der Waals surface area contributed by atoms with Crippen molar-refractivity contribution in [1.29, 1.82) is 0 Å². The molecule has 3 rings (SSSR count). The van der Waals surface area contributed by atoms with Gasteiger partial charge in [-0.05, 0) is 75.0 Å². The molecule has 2 aliphatic carbocycles. The van der Waals surface area contributed by atoms with E-state index in [1.165, 1.54) is 25.7 Å². The lowest BCUT2D eigenvalue weighted by atomic mass is 9.86. The molecule has 0 saturated heterocycles. The summed E-state index contributed by atoms with van der Waals surface area (Å²) in [6.45, 7) is 5.86. The number of amides is 1. The van der Waals surface area contributed by atoms with Gasteiger partial charge in [-0.25, -0.2) is 0 Å². The highest BCUT2D eigenvalue weighted by atomic mass is 16.5.